The van der Waals surface area contributed by atoms with E-state index in [1.807, 2.05) is 0 Å². The molecule has 1 amide bonds. The van der Waals surface area contributed by atoms with Crippen LogP contribution in [-0.2, 0) is 4.79 Å². The van der Waals surface area contributed by atoms with E-state index in [1.165, 1.54) is 0 Å². The number of rotatable bonds is 5. The van der Waals surface area contributed by atoms with Gasteiger partial charge >= 0.3 is 0 Å². The van der Waals surface area contributed by atoms with Gasteiger partial charge in [-0.05, 0) is 19.1 Å². The van der Waals surface area contributed by atoms with Gasteiger partial charge in [0.1, 0.15) is 0 Å². The number of nitrogens with one attached hydrogen (secondary N) is 1. The number of carbonyl (C=O) groups is 1. The number of amides is 1. The molecule has 0 aromatic rings. The molecular weight excluding hydrogens is 208 g/mol. The van der Waals surface area contributed by atoms with Crippen LogP contribution in [0.25, 0.3) is 0 Å². The SMILES string of the molecule is CSC(C)CNC(=O)C1(CN)CCCC1. The van der Waals surface area contributed by atoms with Crippen molar-refractivity contribution in [1.82, 2.24) is 5.32 Å². The van der Waals surface area contributed by atoms with Crippen molar-refractivity contribution >= 4 is 17.7 Å². The molecule has 0 spiro atoms. The fraction of sp³-hybridized carbons (Fsp3) is 0.909. The fourth-order valence-corrected chi connectivity index (χ4v) is 2.33. The molecule has 1 rings (SSSR count). The lowest BCUT2D eigenvalue weighted by Crippen LogP contribution is -2.45. The summed E-state index contributed by atoms with van der Waals surface area (Å²) in [5.41, 5.74) is 5.49. The van der Waals surface area contributed by atoms with Gasteiger partial charge in [-0.1, -0.05) is 19.8 Å². The summed E-state index contributed by atoms with van der Waals surface area (Å²) in [5.74, 6) is 0.170. The highest BCUT2D eigenvalue weighted by atomic mass is 32.2. The van der Waals surface area contributed by atoms with E-state index in [4.69, 9.17) is 5.73 Å². The van der Waals surface area contributed by atoms with Crippen molar-refractivity contribution in [2.45, 2.75) is 37.9 Å². The zero-order valence-corrected chi connectivity index (χ0v) is 10.5. The summed E-state index contributed by atoms with van der Waals surface area (Å²) in [7, 11) is 0. The number of nitrogens with two attached hydrogens (primary N) is 1. The largest absolute Gasteiger partial charge is 0.354 e. The maximum Gasteiger partial charge on any atom is 0.227 e. The number of hydrogen-bond acceptors (Lipinski definition) is 3. The van der Waals surface area contributed by atoms with E-state index >= 15 is 0 Å². The Balaban J connectivity index is 2.44. The maximum atomic E-state index is 12.0. The second-order valence-corrected chi connectivity index (χ2v) is 5.72. The van der Waals surface area contributed by atoms with Gasteiger partial charge in [0.15, 0.2) is 0 Å². The summed E-state index contributed by atoms with van der Waals surface area (Å²) in [6.45, 7) is 3.36. The molecule has 15 heavy (non-hydrogen) atoms. The van der Waals surface area contributed by atoms with Gasteiger partial charge in [-0.2, -0.15) is 11.8 Å². The van der Waals surface area contributed by atoms with Crippen LogP contribution in [0.5, 0.6) is 0 Å². The highest BCUT2D eigenvalue weighted by Gasteiger charge is 2.39. The van der Waals surface area contributed by atoms with Gasteiger partial charge in [0.05, 0.1) is 5.41 Å². The van der Waals surface area contributed by atoms with Crippen LogP contribution in [-0.4, -0.2) is 30.5 Å². The van der Waals surface area contributed by atoms with E-state index in [0.717, 1.165) is 32.2 Å². The molecule has 0 heterocycles. The predicted molar refractivity (Wildman–Crippen MR) is 65.9 cm³/mol. The van der Waals surface area contributed by atoms with Crippen LogP contribution in [0.15, 0.2) is 0 Å². The normalized spacial score (nSPS) is 21.3. The van der Waals surface area contributed by atoms with Gasteiger partial charge in [0.25, 0.3) is 0 Å². The molecule has 88 valence electrons. The first-order valence-corrected chi connectivity index (χ1v) is 6.94. The van der Waals surface area contributed by atoms with Crippen molar-refractivity contribution in [2.75, 3.05) is 19.3 Å². The van der Waals surface area contributed by atoms with Crippen LogP contribution < -0.4 is 11.1 Å². The Morgan fingerprint density at radius 3 is 2.60 bits per heavy atom. The van der Waals surface area contributed by atoms with Crippen molar-refractivity contribution in [3.05, 3.63) is 0 Å². The first-order chi connectivity index (χ1) is 7.14. The number of thioether (sulfide) groups is 1. The zero-order chi connectivity index (χ0) is 11.3. The molecule has 1 saturated carbocycles. The van der Waals surface area contributed by atoms with Crippen molar-refractivity contribution in [3.8, 4) is 0 Å². The van der Waals surface area contributed by atoms with Gasteiger partial charge in [-0.3, -0.25) is 4.79 Å². The molecule has 0 saturated heterocycles. The Kier molecular flexibility index (Phi) is 4.93. The quantitative estimate of drug-likeness (QED) is 0.750. The summed E-state index contributed by atoms with van der Waals surface area (Å²) in [5, 5.41) is 3.50. The maximum absolute atomic E-state index is 12.0. The fourth-order valence-electron chi connectivity index (χ4n) is 2.08. The third-order valence-corrected chi connectivity index (χ3v) is 4.36. The lowest BCUT2D eigenvalue weighted by atomic mass is 9.85. The van der Waals surface area contributed by atoms with Crippen LogP contribution >= 0.6 is 11.8 Å². The first-order valence-electron chi connectivity index (χ1n) is 5.66. The summed E-state index contributed by atoms with van der Waals surface area (Å²) in [4.78, 5) is 12.0. The molecule has 1 aliphatic carbocycles. The molecule has 1 fully saturated rings. The summed E-state index contributed by atoms with van der Waals surface area (Å²) in [6, 6.07) is 0. The van der Waals surface area contributed by atoms with Crippen molar-refractivity contribution < 1.29 is 4.79 Å². The average Bonchev–Trinajstić information content (AvgIpc) is 2.75. The predicted octanol–water partition coefficient (Wildman–Crippen LogP) is 1.37. The molecule has 4 heteroatoms. The van der Waals surface area contributed by atoms with Crippen molar-refractivity contribution in [1.29, 1.82) is 0 Å². The van der Waals surface area contributed by atoms with Gasteiger partial charge in [0.2, 0.25) is 5.91 Å². The second kappa shape index (κ2) is 5.75. The van der Waals surface area contributed by atoms with Gasteiger partial charge in [-0.25, -0.2) is 0 Å². The first kappa shape index (κ1) is 12.8. The topological polar surface area (TPSA) is 55.1 Å². The third kappa shape index (κ3) is 3.11. The zero-order valence-electron chi connectivity index (χ0n) is 9.71. The number of hydrogen-bond donors (Lipinski definition) is 2. The van der Waals surface area contributed by atoms with E-state index in [9.17, 15) is 4.79 Å². The van der Waals surface area contributed by atoms with Crippen LogP contribution in [0, 0.1) is 5.41 Å². The Bertz CT molecular complexity index is 215. The van der Waals surface area contributed by atoms with Crippen LogP contribution in [0.2, 0.25) is 0 Å². The molecule has 0 bridgehead atoms. The minimum absolute atomic E-state index is 0.170. The van der Waals surface area contributed by atoms with Gasteiger partial charge < -0.3 is 11.1 Å². The Morgan fingerprint density at radius 1 is 1.53 bits per heavy atom. The van der Waals surface area contributed by atoms with Crippen LogP contribution in [0.4, 0.5) is 0 Å². The van der Waals surface area contributed by atoms with E-state index in [1.54, 1.807) is 11.8 Å². The number of carbonyl (C=O) groups excluding carboxylic acids is 1. The molecule has 3 nitrogen and oxygen atoms in total. The molecule has 0 aromatic heterocycles. The minimum atomic E-state index is -0.252. The molecule has 3 N–H and O–H groups in total. The molecule has 0 aromatic carbocycles. The molecule has 1 atom stereocenters. The molecule has 0 radical (unpaired) electrons. The third-order valence-electron chi connectivity index (χ3n) is 3.39. The van der Waals surface area contributed by atoms with Crippen molar-refractivity contribution in [3.63, 3.8) is 0 Å². The molecule has 1 unspecified atom stereocenters. The average molecular weight is 230 g/mol. The Labute approximate surface area is 96.6 Å². The summed E-state index contributed by atoms with van der Waals surface area (Å²) < 4.78 is 0. The molecular formula is C11H22N2OS. The smallest absolute Gasteiger partial charge is 0.227 e. The molecule has 0 aliphatic heterocycles. The highest BCUT2D eigenvalue weighted by molar-refractivity contribution is 7.99. The summed E-state index contributed by atoms with van der Waals surface area (Å²) in [6.07, 6.45) is 6.27. The Morgan fingerprint density at radius 2 is 2.13 bits per heavy atom. The van der Waals surface area contributed by atoms with Crippen LogP contribution in [0.3, 0.4) is 0 Å². The van der Waals surface area contributed by atoms with E-state index in [-0.39, 0.29) is 11.3 Å². The standard InChI is InChI=1S/C11H22N2OS/c1-9(15-2)7-13-10(14)11(8-12)5-3-4-6-11/h9H,3-8,12H2,1-2H3,(H,13,14). The van der Waals surface area contributed by atoms with Gasteiger partial charge in [0, 0.05) is 18.3 Å². The Hall–Kier alpha value is -0.220. The van der Waals surface area contributed by atoms with E-state index < -0.39 is 0 Å². The minimum Gasteiger partial charge on any atom is -0.354 e. The van der Waals surface area contributed by atoms with Crippen LogP contribution in [0.1, 0.15) is 32.6 Å². The lowest BCUT2D eigenvalue weighted by Gasteiger charge is -2.26. The molecule has 1 aliphatic rings. The van der Waals surface area contributed by atoms with Gasteiger partial charge in [-0.15, -0.1) is 0 Å². The monoisotopic (exact) mass is 230 g/mol. The summed E-state index contributed by atoms with van der Waals surface area (Å²) >= 11 is 1.77. The van der Waals surface area contributed by atoms with E-state index in [2.05, 4.69) is 18.5 Å². The van der Waals surface area contributed by atoms with Crippen molar-refractivity contribution in [2.24, 2.45) is 11.1 Å². The van der Waals surface area contributed by atoms with E-state index in [0.29, 0.717) is 11.8 Å². The highest BCUT2D eigenvalue weighted by Crippen LogP contribution is 2.37. The lowest BCUT2D eigenvalue weighted by molar-refractivity contribution is -0.130. The second-order valence-electron chi connectivity index (χ2n) is 4.45.